The van der Waals surface area contributed by atoms with E-state index < -0.39 is 11.7 Å². The second kappa shape index (κ2) is 6.00. The number of benzene rings is 1. The summed E-state index contributed by atoms with van der Waals surface area (Å²) in [6.45, 7) is 0. The third-order valence-corrected chi connectivity index (χ3v) is 4.43. The van der Waals surface area contributed by atoms with Gasteiger partial charge in [0.15, 0.2) is 0 Å². The Labute approximate surface area is 125 Å². The van der Waals surface area contributed by atoms with E-state index in [4.69, 9.17) is 0 Å². The molecule has 1 aliphatic carbocycles. The van der Waals surface area contributed by atoms with E-state index in [1.807, 2.05) is 30.3 Å². The summed E-state index contributed by atoms with van der Waals surface area (Å²) in [5, 5.41) is 25.9. The lowest BCUT2D eigenvalue weighted by Gasteiger charge is -2.32. The van der Waals surface area contributed by atoms with Gasteiger partial charge in [0.1, 0.15) is 6.10 Å². The van der Waals surface area contributed by atoms with Gasteiger partial charge in [0.25, 0.3) is 0 Å². The maximum atomic E-state index is 10.9. The molecule has 21 heavy (non-hydrogen) atoms. The molecule has 0 aliphatic heterocycles. The maximum absolute atomic E-state index is 10.9. The van der Waals surface area contributed by atoms with Gasteiger partial charge in [0.2, 0.25) is 0 Å². The maximum Gasteiger partial charge on any atom is 0.125 e. The zero-order valence-electron chi connectivity index (χ0n) is 12.2. The smallest absolute Gasteiger partial charge is 0.125 e. The summed E-state index contributed by atoms with van der Waals surface area (Å²) >= 11 is 0. The summed E-state index contributed by atoms with van der Waals surface area (Å²) in [7, 11) is 0. The van der Waals surface area contributed by atoms with Crippen molar-refractivity contribution in [2.24, 2.45) is 0 Å². The first-order chi connectivity index (χ1) is 10.2. The van der Waals surface area contributed by atoms with Gasteiger partial charge >= 0.3 is 0 Å². The summed E-state index contributed by atoms with van der Waals surface area (Å²) in [4.78, 5) is 0. The molecule has 2 N–H and O–H groups in total. The number of nitrogens with zero attached hydrogens (tertiary/aromatic N) is 2. The van der Waals surface area contributed by atoms with Crippen LogP contribution in [0.1, 0.15) is 50.3 Å². The minimum absolute atomic E-state index is 0.647. The van der Waals surface area contributed by atoms with Crippen molar-refractivity contribution in [2.45, 2.75) is 50.2 Å². The molecule has 1 atom stereocenters. The van der Waals surface area contributed by atoms with Crippen LogP contribution in [0.25, 0.3) is 5.69 Å². The number of rotatable bonds is 3. The quantitative estimate of drug-likeness (QED) is 0.853. The Kier molecular flexibility index (Phi) is 4.08. The van der Waals surface area contributed by atoms with Crippen LogP contribution in [0.2, 0.25) is 0 Å². The number of hydrogen-bond donors (Lipinski definition) is 2. The molecule has 4 heteroatoms. The minimum atomic E-state index is -1.04. The lowest BCUT2D eigenvalue weighted by Crippen LogP contribution is -2.36. The molecule has 1 heterocycles. The predicted octanol–water partition coefficient (Wildman–Crippen LogP) is 2.99. The van der Waals surface area contributed by atoms with E-state index in [9.17, 15) is 10.2 Å². The third-order valence-electron chi connectivity index (χ3n) is 4.43. The number of para-hydroxylation sites is 1. The molecule has 2 aromatic rings. The van der Waals surface area contributed by atoms with Crippen LogP contribution in [0.15, 0.2) is 42.6 Å². The molecule has 1 aliphatic rings. The highest BCUT2D eigenvalue weighted by atomic mass is 16.3. The lowest BCUT2D eigenvalue weighted by atomic mass is 9.86. The summed E-state index contributed by atoms with van der Waals surface area (Å²) in [6.07, 6.45) is 6.26. The highest BCUT2D eigenvalue weighted by Crippen LogP contribution is 2.37. The average Bonchev–Trinajstić information content (AvgIpc) is 2.90. The third kappa shape index (κ3) is 2.87. The van der Waals surface area contributed by atoms with E-state index in [1.165, 1.54) is 0 Å². The first-order valence-corrected chi connectivity index (χ1v) is 7.70. The van der Waals surface area contributed by atoms with E-state index in [0.29, 0.717) is 18.5 Å². The van der Waals surface area contributed by atoms with Crippen molar-refractivity contribution in [3.63, 3.8) is 0 Å². The molecule has 0 spiro atoms. The van der Waals surface area contributed by atoms with Crippen LogP contribution >= 0.6 is 0 Å². The summed E-state index contributed by atoms with van der Waals surface area (Å²) in [6, 6.07) is 11.5. The Morgan fingerprint density at radius 1 is 1.00 bits per heavy atom. The molecule has 1 saturated carbocycles. The standard InChI is InChI=1S/C17H22N2O2/c20-16(17(21)11-6-1-2-7-12-17)15-10-13-18-19(15)14-8-4-3-5-9-14/h3-5,8-10,13,16,20-21H,1-2,6-7,11-12H2. The molecule has 3 rings (SSSR count). The molecule has 0 saturated heterocycles. The van der Waals surface area contributed by atoms with Gasteiger partial charge in [0.05, 0.1) is 17.0 Å². The molecule has 1 aromatic heterocycles. The Balaban J connectivity index is 1.92. The fourth-order valence-corrected chi connectivity index (χ4v) is 3.20. The van der Waals surface area contributed by atoms with Crippen LogP contribution in [-0.2, 0) is 0 Å². The first kappa shape index (κ1) is 14.3. The van der Waals surface area contributed by atoms with Crippen LogP contribution in [0.4, 0.5) is 0 Å². The van der Waals surface area contributed by atoms with Crippen LogP contribution in [-0.4, -0.2) is 25.6 Å². The topological polar surface area (TPSA) is 58.3 Å². The normalized spacial score (nSPS) is 19.9. The van der Waals surface area contributed by atoms with Crippen molar-refractivity contribution in [2.75, 3.05) is 0 Å². The van der Waals surface area contributed by atoms with E-state index >= 15 is 0 Å². The van der Waals surface area contributed by atoms with Gasteiger partial charge in [-0.25, -0.2) is 4.68 Å². The fraction of sp³-hybridized carbons (Fsp3) is 0.471. The second-order valence-corrected chi connectivity index (χ2v) is 5.92. The van der Waals surface area contributed by atoms with Gasteiger partial charge in [-0.2, -0.15) is 5.10 Å². The summed E-state index contributed by atoms with van der Waals surface area (Å²) < 4.78 is 1.72. The molecular formula is C17H22N2O2. The predicted molar refractivity (Wildman–Crippen MR) is 81.2 cm³/mol. The number of aliphatic hydroxyl groups is 2. The molecule has 0 radical (unpaired) electrons. The average molecular weight is 286 g/mol. The molecule has 1 fully saturated rings. The van der Waals surface area contributed by atoms with Crippen LogP contribution in [0.5, 0.6) is 0 Å². The monoisotopic (exact) mass is 286 g/mol. The van der Waals surface area contributed by atoms with Gasteiger partial charge in [0, 0.05) is 6.20 Å². The fourth-order valence-electron chi connectivity index (χ4n) is 3.20. The van der Waals surface area contributed by atoms with Crippen molar-refractivity contribution in [3.8, 4) is 5.69 Å². The highest BCUT2D eigenvalue weighted by molar-refractivity contribution is 5.33. The summed E-state index contributed by atoms with van der Waals surface area (Å²) in [5.74, 6) is 0. The lowest BCUT2D eigenvalue weighted by molar-refractivity contribution is -0.0893. The van der Waals surface area contributed by atoms with Crippen molar-refractivity contribution in [1.82, 2.24) is 9.78 Å². The van der Waals surface area contributed by atoms with E-state index in [-0.39, 0.29) is 0 Å². The molecule has 112 valence electrons. The SMILES string of the molecule is OC(c1ccnn1-c1ccccc1)C1(O)CCCCCC1. The number of hydrogen-bond acceptors (Lipinski definition) is 3. The van der Waals surface area contributed by atoms with Crippen molar-refractivity contribution < 1.29 is 10.2 Å². The van der Waals surface area contributed by atoms with Gasteiger partial charge in [-0.05, 0) is 31.0 Å². The van der Waals surface area contributed by atoms with E-state index in [0.717, 1.165) is 31.4 Å². The zero-order valence-corrected chi connectivity index (χ0v) is 12.2. The van der Waals surface area contributed by atoms with Crippen molar-refractivity contribution in [1.29, 1.82) is 0 Å². The van der Waals surface area contributed by atoms with Crippen LogP contribution < -0.4 is 0 Å². The van der Waals surface area contributed by atoms with E-state index in [1.54, 1.807) is 16.9 Å². The highest BCUT2D eigenvalue weighted by Gasteiger charge is 2.38. The number of aromatic nitrogens is 2. The van der Waals surface area contributed by atoms with Gasteiger partial charge < -0.3 is 10.2 Å². The Bertz CT molecular complexity index is 571. The van der Waals surface area contributed by atoms with Crippen molar-refractivity contribution in [3.05, 3.63) is 48.3 Å². The Morgan fingerprint density at radius 3 is 2.33 bits per heavy atom. The first-order valence-electron chi connectivity index (χ1n) is 7.70. The molecule has 0 bridgehead atoms. The number of aliphatic hydroxyl groups excluding tert-OH is 1. The minimum Gasteiger partial charge on any atom is -0.387 e. The van der Waals surface area contributed by atoms with Gasteiger partial charge in [-0.3, -0.25) is 0 Å². The molecule has 0 amide bonds. The van der Waals surface area contributed by atoms with Crippen LogP contribution in [0, 0.1) is 0 Å². The zero-order chi connectivity index (χ0) is 14.7. The van der Waals surface area contributed by atoms with Crippen LogP contribution in [0.3, 0.4) is 0 Å². The molecule has 1 unspecified atom stereocenters. The van der Waals surface area contributed by atoms with Crippen molar-refractivity contribution >= 4 is 0 Å². The van der Waals surface area contributed by atoms with Gasteiger partial charge in [-0.15, -0.1) is 0 Å². The Morgan fingerprint density at radius 2 is 1.67 bits per heavy atom. The largest absolute Gasteiger partial charge is 0.387 e. The molecule has 1 aromatic carbocycles. The van der Waals surface area contributed by atoms with E-state index in [2.05, 4.69) is 5.10 Å². The second-order valence-electron chi connectivity index (χ2n) is 5.92. The Hall–Kier alpha value is -1.65. The summed E-state index contributed by atoms with van der Waals surface area (Å²) in [5.41, 5.74) is 0.516. The van der Waals surface area contributed by atoms with Gasteiger partial charge in [-0.1, -0.05) is 43.9 Å². The molecule has 4 nitrogen and oxygen atoms in total. The molecular weight excluding hydrogens is 264 g/mol.